The van der Waals surface area contributed by atoms with Crippen molar-refractivity contribution in [2.24, 2.45) is 0 Å². The summed E-state index contributed by atoms with van der Waals surface area (Å²) in [5, 5.41) is 12.0. The van der Waals surface area contributed by atoms with E-state index in [1.54, 1.807) is 0 Å². The first-order valence-electron chi connectivity index (χ1n) is 6.59. The summed E-state index contributed by atoms with van der Waals surface area (Å²) in [6, 6.07) is 7.25. The van der Waals surface area contributed by atoms with Crippen LogP contribution in [0, 0.1) is 0 Å². The number of amides is 1. The van der Waals surface area contributed by atoms with Crippen molar-refractivity contribution in [3.63, 3.8) is 0 Å². The second-order valence-electron chi connectivity index (χ2n) is 4.81. The molecule has 2 rings (SSSR count). The van der Waals surface area contributed by atoms with Gasteiger partial charge in [-0.25, -0.2) is 8.78 Å². The molecule has 1 aromatic carbocycles. The summed E-state index contributed by atoms with van der Waals surface area (Å²) in [7, 11) is 0. The van der Waals surface area contributed by atoms with Gasteiger partial charge in [0.05, 0.1) is 19.2 Å². The lowest BCUT2D eigenvalue weighted by Crippen LogP contribution is -2.51. The zero-order valence-corrected chi connectivity index (χ0v) is 11.1. The molecule has 0 saturated heterocycles. The smallest absolute Gasteiger partial charge is 0.255 e. The summed E-state index contributed by atoms with van der Waals surface area (Å²) in [6.45, 7) is -0.474. The van der Waals surface area contributed by atoms with Gasteiger partial charge in [0.25, 0.3) is 6.43 Å². The number of hydrogen-bond donors (Lipinski definition) is 2. The third-order valence-electron chi connectivity index (χ3n) is 3.42. The van der Waals surface area contributed by atoms with Crippen molar-refractivity contribution < 1.29 is 18.7 Å². The maximum Gasteiger partial charge on any atom is 0.255 e. The highest BCUT2D eigenvalue weighted by Crippen LogP contribution is 2.17. The van der Waals surface area contributed by atoms with E-state index in [9.17, 15) is 13.6 Å². The van der Waals surface area contributed by atoms with Crippen LogP contribution in [0.1, 0.15) is 11.1 Å². The molecule has 1 amide bonds. The van der Waals surface area contributed by atoms with Crippen LogP contribution in [0.15, 0.2) is 24.3 Å². The summed E-state index contributed by atoms with van der Waals surface area (Å²) in [5.74, 6) is -0.381. The number of nitrogens with one attached hydrogen (secondary N) is 1. The lowest BCUT2D eigenvalue weighted by Gasteiger charge is -2.30. The Bertz CT molecular complexity index is 468. The largest absolute Gasteiger partial charge is 0.395 e. The minimum atomic E-state index is -2.60. The normalized spacial score (nSPS) is 17.9. The monoisotopic (exact) mass is 284 g/mol. The molecule has 0 bridgehead atoms. The molecule has 1 aromatic rings. The fourth-order valence-corrected chi connectivity index (χ4v) is 2.43. The fourth-order valence-electron chi connectivity index (χ4n) is 2.43. The Labute approximate surface area is 116 Å². The number of nitrogens with zero attached hydrogens (tertiary/aromatic N) is 1. The van der Waals surface area contributed by atoms with Gasteiger partial charge in [0.15, 0.2) is 0 Å². The van der Waals surface area contributed by atoms with Crippen LogP contribution >= 0.6 is 0 Å². The van der Waals surface area contributed by atoms with Gasteiger partial charge < -0.3 is 15.3 Å². The highest BCUT2D eigenvalue weighted by Gasteiger charge is 2.28. The molecular formula is C14H18F2N2O2. The quantitative estimate of drug-likeness (QED) is 0.840. The van der Waals surface area contributed by atoms with Gasteiger partial charge in [-0.2, -0.15) is 0 Å². The molecular weight excluding hydrogens is 266 g/mol. The standard InChI is InChI=1S/C14H18F2N2O2/c15-13(16)9-18(5-6-19)14(20)12-7-10-3-1-2-4-11(10)8-17-12/h1-4,12-13,17,19H,5-9H2/t12-/m1/s1. The molecule has 0 fully saturated rings. The number of carbonyl (C=O) groups is 1. The van der Waals surface area contributed by atoms with E-state index in [-0.39, 0.29) is 19.1 Å². The highest BCUT2D eigenvalue weighted by atomic mass is 19.3. The van der Waals surface area contributed by atoms with E-state index < -0.39 is 19.0 Å². The van der Waals surface area contributed by atoms with E-state index in [4.69, 9.17) is 5.11 Å². The van der Waals surface area contributed by atoms with Gasteiger partial charge in [-0.05, 0) is 17.5 Å². The minimum absolute atomic E-state index is 0.0665. The first-order valence-corrected chi connectivity index (χ1v) is 6.59. The minimum Gasteiger partial charge on any atom is -0.395 e. The van der Waals surface area contributed by atoms with Crippen LogP contribution < -0.4 is 5.32 Å². The fraction of sp³-hybridized carbons (Fsp3) is 0.500. The first-order chi connectivity index (χ1) is 9.61. The predicted octanol–water partition coefficient (Wildman–Crippen LogP) is 0.787. The molecule has 0 spiro atoms. The number of aliphatic hydroxyl groups is 1. The Morgan fingerprint density at radius 1 is 1.40 bits per heavy atom. The average molecular weight is 284 g/mol. The Morgan fingerprint density at radius 2 is 2.10 bits per heavy atom. The Morgan fingerprint density at radius 3 is 2.75 bits per heavy atom. The molecule has 6 heteroatoms. The lowest BCUT2D eigenvalue weighted by atomic mass is 9.95. The molecule has 1 aliphatic rings. The molecule has 0 radical (unpaired) electrons. The molecule has 1 atom stereocenters. The molecule has 0 unspecified atom stereocenters. The van der Waals surface area contributed by atoms with Gasteiger partial charge in [-0.15, -0.1) is 0 Å². The van der Waals surface area contributed by atoms with Gasteiger partial charge in [0.1, 0.15) is 0 Å². The van der Waals surface area contributed by atoms with Gasteiger partial charge >= 0.3 is 0 Å². The van der Waals surface area contributed by atoms with Crippen molar-refractivity contribution in [1.29, 1.82) is 0 Å². The van der Waals surface area contributed by atoms with Crippen molar-refractivity contribution in [2.75, 3.05) is 19.7 Å². The zero-order chi connectivity index (χ0) is 14.5. The summed E-state index contributed by atoms with van der Waals surface area (Å²) >= 11 is 0. The SMILES string of the molecule is O=C([C@H]1Cc2ccccc2CN1)N(CCO)CC(F)F. The van der Waals surface area contributed by atoms with E-state index in [2.05, 4.69) is 5.32 Å². The van der Waals surface area contributed by atoms with Crippen molar-refractivity contribution in [1.82, 2.24) is 10.2 Å². The van der Waals surface area contributed by atoms with Crippen LogP contribution in [0.3, 0.4) is 0 Å². The third kappa shape index (κ3) is 3.52. The Kier molecular flexibility index (Phi) is 5.03. The van der Waals surface area contributed by atoms with Crippen LogP contribution in [0.25, 0.3) is 0 Å². The molecule has 0 aromatic heterocycles. The zero-order valence-electron chi connectivity index (χ0n) is 11.1. The third-order valence-corrected chi connectivity index (χ3v) is 3.42. The van der Waals surface area contributed by atoms with Gasteiger partial charge in [0.2, 0.25) is 5.91 Å². The van der Waals surface area contributed by atoms with Gasteiger partial charge in [0, 0.05) is 13.1 Å². The first kappa shape index (κ1) is 14.9. The average Bonchev–Trinajstić information content (AvgIpc) is 2.45. The number of benzene rings is 1. The second-order valence-corrected chi connectivity index (χ2v) is 4.81. The second kappa shape index (κ2) is 6.76. The Balaban J connectivity index is 2.05. The number of hydrogen-bond acceptors (Lipinski definition) is 3. The lowest BCUT2D eigenvalue weighted by molar-refractivity contribution is -0.136. The van der Waals surface area contributed by atoms with E-state index in [0.29, 0.717) is 13.0 Å². The van der Waals surface area contributed by atoms with Gasteiger partial charge in [-0.1, -0.05) is 24.3 Å². The molecule has 110 valence electrons. The van der Waals surface area contributed by atoms with Crippen molar-refractivity contribution in [3.8, 4) is 0 Å². The molecule has 0 saturated carbocycles. The van der Waals surface area contributed by atoms with Crippen molar-refractivity contribution >= 4 is 5.91 Å². The molecule has 4 nitrogen and oxygen atoms in total. The van der Waals surface area contributed by atoms with Crippen molar-refractivity contribution in [2.45, 2.75) is 25.4 Å². The summed E-state index contributed by atoms with van der Waals surface area (Å²) < 4.78 is 25.0. The maximum atomic E-state index is 12.5. The number of rotatable bonds is 5. The number of fused-ring (bicyclic) bond motifs is 1. The molecule has 1 aliphatic heterocycles. The number of aliphatic hydroxyl groups excluding tert-OH is 1. The molecule has 0 aliphatic carbocycles. The predicted molar refractivity (Wildman–Crippen MR) is 70.4 cm³/mol. The highest BCUT2D eigenvalue weighted by molar-refractivity contribution is 5.82. The summed E-state index contributed by atoms with van der Waals surface area (Å²) in [5.41, 5.74) is 2.18. The summed E-state index contributed by atoms with van der Waals surface area (Å²) in [4.78, 5) is 13.3. The van der Waals surface area contributed by atoms with E-state index in [0.717, 1.165) is 16.0 Å². The van der Waals surface area contributed by atoms with Crippen LogP contribution in [-0.2, 0) is 17.8 Å². The topological polar surface area (TPSA) is 52.6 Å². The number of carbonyl (C=O) groups excluding carboxylic acids is 1. The van der Waals surface area contributed by atoms with Crippen molar-refractivity contribution in [3.05, 3.63) is 35.4 Å². The molecule has 2 N–H and O–H groups in total. The summed E-state index contributed by atoms with van der Waals surface area (Å²) in [6.07, 6.45) is -2.11. The van der Waals surface area contributed by atoms with Gasteiger partial charge in [-0.3, -0.25) is 4.79 Å². The molecule has 1 heterocycles. The van der Waals surface area contributed by atoms with E-state index >= 15 is 0 Å². The van der Waals surface area contributed by atoms with E-state index in [1.807, 2.05) is 24.3 Å². The van der Waals surface area contributed by atoms with Crippen LogP contribution in [0.2, 0.25) is 0 Å². The van der Waals surface area contributed by atoms with Crippen LogP contribution in [-0.4, -0.2) is 48.1 Å². The Hall–Kier alpha value is -1.53. The van der Waals surface area contributed by atoms with Crippen LogP contribution in [0.5, 0.6) is 0 Å². The number of halogens is 2. The maximum absolute atomic E-state index is 12.5. The van der Waals surface area contributed by atoms with Crippen LogP contribution in [0.4, 0.5) is 8.78 Å². The molecule has 20 heavy (non-hydrogen) atoms. The number of alkyl halides is 2. The van der Waals surface area contributed by atoms with E-state index in [1.165, 1.54) is 0 Å².